The molecule has 2 unspecified atom stereocenters. The van der Waals surface area contributed by atoms with Gasteiger partial charge in [-0.1, -0.05) is 0 Å². The first-order chi connectivity index (χ1) is 6.33. The predicted molar refractivity (Wildman–Crippen MR) is 51.5 cm³/mol. The zero-order chi connectivity index (χ0) is 9.26. The van der Waals surface area contributed by atoms with E-state index < -0.39 is 0 Å². The van der Waals surface area contributed by atoms with Crippen molar-refractivity contribution in [2.75, 3.05) is 13.1 Å². The van der Waals surface area contributed by atoms with Gasteiger partial charge in [-0.05, 0) is 13.0 Å². The monoisotopic (exact) mass is 180 g/mol. The van der Waals surface area contributed by atoms with Crippen LogP contribution in [0.15, 0.2) is 12.3 Å². The van der Waals surface area contributed by atoms with Gasteiger partial charge in [-0.2, -0.15) is 5.10 Å². The summed E-state index contributed by atoms with van der Waals surface area (Å²) in [6, 6.07) is 2.31. The summed E-state index contributed by atoms with van der Waals surface area (Å²) in [5.74, 6) is 0.433. The summed E-state index contributed by atoms with van der Waals surface area (Å²) in [7, 11) is 0. The fourth-order valence-corrected chi connectivity index (χ4v) is 1.95. The zero-order valence-corrected chi connectivity index (χ0v) is 7.90. The molecule has 1 aliphatic rings. The predicted octanol–water partition coefficient (Wildman–Crippen LogP) is -0.0829. The first kappa shape index (κ1) is 8.72. The summed E-state index contributed by atoms with van der Waals surface area (Å²) in [5, 5.41) is 7.54. The highest BCUT2D eigenvalue weighted by molar-refractivity contribution is 5.14. The summed E-state index contributed by atoms with van der Waals surface area (Å²) in [6.45, 7) is 4.92. The van der Waals surface area contributed by atoms with Gasteiger partial charge in [0.15, 0.2) is 0 Å². The molecule has 0 spiro atoms. The molecule has 72 valence electrons. The topological polar surface area (TPSA) is 55.9 Å². The first-order valence-electron chi connectivity index (χ1n) is 4.81. The molecule has 0 aromatic carbocycles. The van der Waals surface area contributed by atoms with Crippen LogP contribution in [-0.2, 0) is 6.54 Å². The number of nitrogens with one attached hydrogen (secondary N) is 1. The Morgan fingerprint density at radius 1 is 1.69 bits per heavy atom. The molecule has 2 heterocycles. The van der Waals surface area contributed by atoms with Crippen molar-refractivity contribution in [2.24, 2.45) is 5.73 Å². The maximum absolute atomic E-state index is 5.99. The Hall–Kier alpha value is -0.870. The molecule has 1 saturated heterocycles. The lowest BCUT2D eigenvalue weighted by Crippen LogP contribution is -2.28. The van der Waals surface area contributed by atoms with E-state index in [0.717, 1.165) is 19.6 Å². The molecule has 3 N–H and O–H groups in total. The zero-order valence-electron chi connectivity index (χ0n) is 7.90. The van der Waals surface area contributed by atoms with Crippen molar-refractivity contribution >= 4 is 0 Å². The molecule has 0 amide bonds. The number of rotatable bonds is 2. The average Bonchev–Trinajstić information content (AvgIpc) is 2.71. The third kappa shape index (κ3) is 1.47. The van der Waals surface area contributed by atoms with Crippen molar-refractivity contribution in [3.63, 3.8) is 0 Å². The standard InChI is InChI=1S/C9H16N4/c1-2-13-9(3-4-12-13)7-5-11-6-8(7)10/h3-4,7-8,11H,2,5-6,10H2,1H3. The Morgan fingerprint density at radius 3 is 3.15 bits per heavy atom. The third-order valence-corrected chi connectivity index (χ3v) is 2.69. The van der Waals surface area contributed by atoms with Crippen LogP contribution in [-0.4, -0.2) is 28.9 Å². The molecule has 0 radical (unpaired) electrons. The fraction of sp³-hybridized carbons (Fsp3) is 0.667. The lowest BCUT2D eigenvalue weighted by molar-refractivity contribution is 0.551. The lowest BCUT2D eigenvalue weighted by atomic mass is 10.0. The van der Waals surface area contributed by atoms with Gasteiger partial charge < -0.3 is 11.1 Å². The first-order valence-corrected chi connectivity index (χ1v) is 4.81. The van der Waals surface area contributed by atoms with Gasteiger partial charge in [0.25, 0.3) is 0 Å². The quantitative estimate of drug-likeness (QED) is 0.669. The van der Waals surface area contributed by atoms with E-state index in [2.05, 4.69) is 23.4 Å². The Labute approximate surface area is 78.1 Å². The van der Waals surface area contributed by atoms with Crippen LogP contribution in [0.3, 0.4) is 0 Å². The molecule has 2 rings (SSSR count). The largest absolute Gasteiger partial charge is 0.326 e. The van der Waals surface area contributed by atoms with Crippen molar-refractivity contribution in [2.45, 2.75) is 25.4 Å². The van der Waals surface area contributed by atoms with Crippen LogP contribution >= 0.6 is 0 Å². The van der Waals surface area contributed by atoms with Crippen LogP contribution in [0.5, 0.6) is 0 Å². The van der Waals surface area contributed by atoms with Crippen LogP contribution in [0.2, 0.25) is 0 Å². The maximum atomic E-state index is 5.99. The van der Waals surface area contributed by atoms with Crippen molar-refractivity contribution in [3.05, 3.63) is 18.0 Å². The van der Waals surface area contributed by atoms with Gasteiger partial charge in [-0.3, -0.25) is 4.68 Å². The number of nitrogens with zero attached hydrogens (tertiary/aromatic N) is 2. The van der Waals surface area contributed by atoms with E-state index in [9.17, 15) is 0 Å². The van der Waals surface area contributed by atoms with Gasteiger partial charge in [0.05, 0.1) is 0 Å². The maximum Gasteiger partial charge on any atom is 0.0492 e. The molecule has 13 heavy (non-hydrogen) atoms. The van der Waals surface area contributed by atoms with Crippen LogP contribution in [0.4, 0.5) is 0 Å². The van der Waals surface area contributed by atoms with E-state index in [1.54, 1.807) is 0 Å². The van der Waals surface area contributed by atoms with Crippen LogP contribution in [0.1, 0.15) is 18.5 Å². The minimum atomic E-state index is 0.238. The average molecular weight is 180 g/mol. The van der Waals surface area contributed by atoms with Gasteiger partial charge in [-0.15, -0.1) is 0 Å². The van der Waals surface area contributed by atoms with Gasteiger partial charge in [0.2, 0.25) is 0 Å². The second kappa shape index (κ2) is 3.47. The molecule has 4 heteroatoms. The molecule has 1 aliphatic heterocycles. The highest BCUT2D eigenvalue weighted by Gasteiger charge is 2.27. The lowest BCUT2D eigenvalue weighted by Gasteiger charge is -2.15. The highest BCUT2D eigenvalue weighted by atomic mass is 15.3. The van der Waals surface area contributed by atoms with Crippen LogP contribution in [0, 0.1) is 0 Å². The van der Waals surface area contributed by atoms with Gasteiger partial charge >= 0.3 is 0 Å². The molecule has 0 bridgehead atoms. The van der Waals surface area contributed by atoms with Crippen LogP contribution < -0.4 is 11.1 Å². The van der Waals surface area contributed by atoms with E-state index in [1.165, 1.54) is 5.69 Å². The van der Waals surface area contributed by atoms with Gasteiger partial charge in [0, 0.05) is 43.5 Å². The second-order valence-electron chi connectivity index (χ2n) is 3.50. The molecule has 1 aromatic rings. The second-order valence-corrected chi connectivity index (χ2v) is 3.50. The summed E-state index contributed by atoms with van der Waals surface area (Å²) in [6.07, 6.45) is 1.85. The van der Waals surface area contributed by atoms with Gasteiger partial charge in [0.1, 0.15) is 0 Å². The van der Waals surface area contributed by atoms with Crippen molar-refractivity contribution in [1.29, 1.82) is 0 Å². The Kier molecular flexibility index (Phi) is 2.33. The molecule has 2 atom stereocenters. The molecule has 1 fully saturated rings. The van der Waals surface area contributed by atoms with E-state index in [-0.39, 0.29) is 6.04 Å². The fourth-order valence-electron chi connectivity index (χ4n) is 1.95. The number of aryl methyl sites for hydroxylation is 1. The summed E-state index contributed by atoms with van der Waals surface area (Å²) < 4.78 is 2.03. The molecule has 1 aromatic heterocycles. The molecule has 4 nitrogen and oxygen atoms in total. The molecule has 0 aliphatic carbocycles. The molecular formula is C9H16N4. The van der Waals surface area contributed by atoms with Crippen molar-refractivity contribution < 1.29 is 0 Å². The van der Waals surface area contributed by atoms with E-state index in [1.807, 2.05) is 10.9 Å². The number of nitrogens with two attached hydrogens (primary N) is 1. The smallest absolute Gasteiger partial charge is 0.0492 e. The molecular weight excluding hydrogens is 164 g/mol. The van der Waals surface area contributed by atoms with E-state index >= 15 is 0 Å². The minimum absolute atomic E-state index is 0.238. The summed E-state index contributed by atoms with van der Waals surface area (Å²) in [4.78, 5) is 0. The van der Waals surface area contributed by atoms with Crippen molar-refractivity contribution in [3.8, 4) is 0 Å². The molecule has 0 saturated carbocycles. The van der Waals surface area contributed by atoms with E-state index in [4.69, 9.17) is 5.73 Å². The summed E-state index contributed by atoms with van der Waals surface area (Å²) in [5.41, 5.74) is 7.25. The normalized spacial score (nSPS) is 28.2. The Bertz CT molecular complexity index is 281. The Morgan fingerprint density at radius 2 is 2.54 bits per heavy atom. The Balaban J connectivity index is 2.23. The van der Waals surface area contributed by atoms with Crippen molar-refractivity contribution in [1.82, 2.24) is 15.1 Å². The SMILES string of the molecule is CCn1nccc1C1CNCC1N. The number of aromatic nitrogens is 2. The van der Waals surface area contributed by atoms with E-state index in [0.29, 0.717) is 5.92 Å². The number of hydrogen-bond acceptors (Lipinski definition) is 3. The van der Waals surface area contributed by atoms with Crippen LogP contribution in [0.25, 0.3) is 0 Å². The third-order valence-electron chi connectivity index (χ3n) is 2.69. The minimum Gasteiger partial charge on any atom is -0.326 e. The highest BCUT2D eigenvalue weighted by Crippen LogP contribution is 2.20. The van der Waals surface area contributed by atoms with Gasteiger partial charge in [-0.25, -0.2) is 0 Å². The number of hydrogen-bond donors (Lipinski definition) is 2. The summed E-state index contributed by atoms with van der Waals surface area (Å²) >= 11 is 0.